The van der Waals surface area contributed by atoms with Gasteiger partial charge in [-0.25, -0.2) is 4.98 Å². The highest BCUT2D eigenvalue weighted by molar-refractivity contribution is 8.02. The Hall–Kier alpha value is -1.86. The Bertz CT molecular complexity index is 734. The Labute approximate surface area is 168 Å². The van der Waals surface area contributed by atoms with Crippen molar-refractivity contribution < 1.29 is 14.3 Å². The van der Waals surface area contributed by atoms with E-state index in [0.29, 0.717) is 24.8 Å². The minimum absolute atomic E-state index is 0.00322. The van der Waals surface area contributed by atoms with Crippen LogP contribution in [0.15, 0.2) is 40.1 Å². The Morgan fingerprint density at radius 3 is 2.67 bits per heavy atom. The highest BCUT2D eigenvalue weighted by atomic mass is 32.2. The fraction of sp³-hybridized carbons (Fsp3) is 0.450. The second-order valence-corrected chi connectivity index (χ2v) is 8.55. The van der Waals surface area contributed by atoms with Crippen molar-refractivity contribution in [3.05, 3.63) is 47.0 Å². The van der Waals surface area contributed by atoms with Crippen LogP contribution in [-0.4, -0.2) is 35.3 Å². The largest absolute Gasteiger partial charge is 0.466 e. The molecule has 0 aliphatic rings. The number of aromatic nitrogens is 1. The maximum Gasteiger partial charge on any atom is 0.311 e. The van der Waals surface area contributed by atoms with Gasteiger partial charge in [0, 0.05) is 17.8 Å². The predicted octanol–water partition coefficient (Wildman–Crippen LogP) is 4.04. The number of nitrogens with one attached hydrogen (secondary N) is 1. The summed E-state index contributed by atoms with van der Waals surface area (Å²) in [6.07, 6.45) is 1.14. The lowest BCUT2D eigenvalue weighted by molar-refractivity contribution is -0.142. The van der Waals surface area contributed by atoms with Gasteiger partial charge in [-0.3, -0.25) is 9.59 Å². The number of benzene rings is 1. The molecule has 7 heteroatoms. The lowest BCUT2D eigenvalue weighted by atomic mass is 9.96. The minimum atomic E-state index is -0.281. The quantitative estimate of drug-likeness (QED) is 0.476. The van der Waals surface area contributed by atoms with Gasteiger partial charge < -0.3 is 10.1 Å². The standard InChI is InChI=1S/C20H26N2O3S2/c1-4-15(16-9-7-6-8-10-16)12-21-19(24)14(3)27-20-22-17(13-26-20)11-18(23)25-5-2/h6-10,13-15H,4-5,11-12H2,1-3H3,(H,21,24)/t14-,15-/m1/s1. The average molecular weight is 407 g/mol. The van der Waals surface area contributed by atoms with Crippen molar-refractivity contribution >= 4 is 35.0 Å². The molecule has 1 amide bonds. The van der Waals surface area contributed by atoms with Crippen LogP contribution in [0.2, 0.25) is 0 Å². The second-order valence-electron chi connectivity index (χ2n) is 6.11. The summed E-state index contributed by atoms with van der Waals surface area (Å²) >= 11 is 2.86. The molecule has 2 rings (SSSR count). The smallest absolute Gasteiger partial charge is 0.311 e. The molecule has 0 aliphatic carbocycles. The van der Waals surface area contributed by atoms with Crippen LogP contribution in [0, 0.1) is 0 Å². The molecule has 27 heavy (non-hydrogen) atoms. The Balaban J connectivity index is 1.83. The molecule has 2 atom stereocenters. The van der Waals surface area contributed by atoms with E-state index < -0.39 is 0 Å². The molecule has 1 N–H and O–H groups in total. The number of carbonyl (C=O) groups is 2. The van der Waals surface area contributed by atoms with Gasteiger partial charge in [0.1, 0.15) is 0 Å². The van der Waals surface area contributed by atoms with Crippen LogP contribution < -0.4 is 5.32 Å². The van der Waals surface area contributed by atoms with Gasteiger partial charge in [-0.2, -0.15) is 0 Å². The summed E-state index contributed by atoms with van der Waals surface area (Å²) in [5, 5.41) is 4.64. The highest BCUT2D eigenvalue weighted by Crippen LogP contribution is 2.27. The molecule has 1 aromatic carbocycles. The SMILES string of the molecule is CCOC(=O)Cc1csc(S[C@H](C)C(=O)NC[C@@H](CC)c2ccccc2)n1. The number of esters is 1. The summed E-state index contributed by atoms with van der Waals surface area (Å²) in [6.45, 7) is 6.76. The lowest BCUT2D eigenvalue weighted by Gasteiger charge is -2.17. The predicted molar refractivity (Wildman–Crippen MR) is 110 cm³/mol. The molecule has 0 unspecified atom stereocenters. The van der Waals surface area contributed by atoms with Crippen LogP contribution in [-0.2, 0) is 20.7 Å². The summed E-state index contributed by atoms with van der Waals surface area (Å²) in [6, 6.07) is 10.2. The number of carbonyl (C=O) groups excluding carboxylic acids is 2. The van der Waals surface area contributed by atoms with E-state index in [9.17, 15) is 9.59 Å². The van der Waals surface area contributed by atoms with Crippen LogP contribution in [0.1, 0.15) is 44.4 Å². The van der Waals surface area contributed by atoms with Gasteiger partial charge in [-0.15, -0.1) is 11.3 Å². The number of ether oxygens (including phenoxy) is 1. The van der Waals surface area contributed by atoms with Crippen LogP contribution in [0.4, 0.5) is 0 Å². The Morgan fingerprint density at radius 2 is 2.00 bits per heavy atom. The number of thioether (sulfide) groups is 1. The van der Waals surface area contributed by atoms with Crippen molar-refractivity contribution in [1.82, 2.24) is 10.3 Å². The summed E-state index contributed by atoms with van der Waals surface area (Å²) in [4.78, 5) is 28.4. The summed E-state index contributed by atoms with van der Waals surface area (Å²) in [7, 11) is 0. The zero-order valence-corrected chi connectivity index (χ0v) is 17.6. The molecule has 0 saturated carbocycles. The molecule has 1 heterocycles. The summed E-state index contributed by atoms with van der Waals surface area (Å²) in [5.74, 6) is 0.0246. The number of nitrogens with zero attached hydrogens (tertiary/aromatic N) is 1. The first-order valence-electron chi connectivity index (χ1n) is 9.12. The second kappa shape index (κ2) is 11.1. The van der Waals surface area contributed by atoms with Crippen molar-refractivity contribution in [1.29, 1.82) is 0 Å². The number of rotatable bonds is 10. The lowest BCUT2D eigenvalue weighted by Crippen LogP contribution is -2.34. The van der Waals surface area contributed by atoms with Gasteiger partial charge in [0.05, 0.1) is 24.0 Å². The fourth-order valence-electron chi connectivity index (χ4n) is 2.58. The highest BCUT2D eigenvalue weighted by Gasteiger charge is 2.18. The Kier molecular flexibility index (Phi) is 8.81. The molecular weight excluding hydrogens is 380 g/mol. The van der Waals surface area contributed by atoms with Crippen LogP contribution in [0.5, 0.6) is 0 Å². The van der Waals surface area contributed by atoms with Crippen molar-refractivity contribution in [3.8, 4) is 0 Å². The first kappa shape index (κ1) is 21.4. The van der Waals surface area contributed by atoms with Crippen LogP contribution >= 0.6 is 23.1 Å². The average Bonchev–Trinajstić information content (AvgIpc) is 3.09. The molecule has 0 radical (unpaired) electrons. The normalized spacial score (nSPS) is 13.0. The third-order valence-electron chi connectivity index (χ3n) is 4.09. The number of hydrogen-bond acceptors (Lipinski definition) is 6. The molecule has 0 saturated heterocycles. The van der Waals surface area contributed by atoms with E-state index in [-0.39, 0.29) is 23.5 Å². The zero-order chi connectivity index (χ0) is 19.6. The van der Waals surface area contributed by atoms with E-state index in [1.54, 1.807) is 6.92 Å². The Morgan fingerprint density at radius 1 is 1.26 bits per heavy atom. The first-order chi connectivity index (χ1) is 13.0. The molecule has 0 bridgehead atoms. The molecule has 0 aliphatic heterocycles. The molecular formula is C20H26N2O3S2. The summed E-state index contributed by atoms with van der Waals surface area (Å²) < 4.78 is 5.71. The molecule has 1 aromatic heterocycles. The van der Waals surface area contributed by atoms with Gasteiger partial charge in [0.25, 0.3) is 0 Å². The number of hydrogen-bond donors (Lipinski definition) is 1. The first-order valence-corrected chi connectivity index (χ1v) is 10.9. The maximum atomic E-state index is 12.4. The van der Waals surface area contributed by atoms with E-state index in [0.717, 1.165) is 10.8 Å². The van der Waals surface area contributed by atoms with Gasteiger partial charge in [-0.1, -0.05) is 49.0 Å². The van der Waals surface area contributed by atoms with Gasteiger partial charge in [0.15, 0.2) is 4.34 Å². The third-order valence-corrected chi connectivity index (χ3v) is 6.22. The molecule has 0 fully saturated rings. The maximum absolute atomic E-state index is 12.4. The van der Waals surface area contributed by atoms with Crippen LogP contribution in [0.25, 0.3) is 0 Å². The number of amides is 1. The minimum Gasteiger partial charge on any atom is -0.466 e. The van der Waals surface area contributed by atoms with E-state index in [2.05, 4.69) is 29.4 Å². The third kappa shape index (κ3) is 6.99. The van der Waals surface area contributed by atoms with E-state index >= 15 is 0 Å². The van der Waals surface area contributed by atoms with Gasteiger partial charge in [-0.05, 0) is 25.8 Å². The van der Waals surface area contributed by atoms with Crippen molar-refractivity contribution in [2.45, 2.75) is 49.1 Å². The zero-order valence-electron chi connectivity index (χ0n) is 15.9. The molecule has 2 aromatic rings. The topological polar surface area (TPSA) is 68.3 Å². The van der Waals surface area contributed by atoms with Gasteiger partial charge >= 0.3 is 5.97 Å². The molecule has 5 nitrogen and oxygen atoms in total. The van der Waals surface area contributed by atoms with E-state index in [4.69, 9.17) is 4.74 Å². The number of thiazole rings is 1. The summed E-state index contributed by atoms with van der Waals surface area (Å²) in [5.41, 5.74) is 1.92. The fourth-order valence-corrected chi connectivity index (χ4v) is 4.58. The van der Waals surface area contributed by atoms with Crippen molar-refractivity contribution in [2.75, 3.05) is 13.2 Å². The molecule has 0 spiro atoms. The van der Waals surface area contributed by atoms with Crippen LogP contribution in [0.3, 0.4) is 0 Å². The van der Waals surface area contributed by atoms with E-state index in [1.807, 2.05) is 30.5 Å². The monoisotopic (exact) mass is 406 g/mol. The van der Waals surface area contributed by atoms with Gasteiger partial charge in [0.2, 0.25) is 5.91 Å². The molecule has 146 valence electrons. The van der Waals surface area contributed by atoms with Crippen molar-refractivity contribution in [2.24, 2.45) is 0 Å². The van der Waals surface area contributed by atoms with Crippen molar-refractivity contribution in [3.63, 3.8) is 0 Å². The van der Waals surface area contributed by atoms with E-state index in [1.165, 1.54) is 28.7 Å².